The van der Waals surface area contributed by atoms with Gasteiger partial charge < -0.3 is 9.84 Å². The molecular formula is C15H23NO2. The van der Waals surface area contributed by atoms with Crippen molar-refractivity contribution < 1.29 is 9.84 Å². The van der Waals surface area contributed by atoms with Crippen LogP contribution >= 0.6 is 0 Å². The summed E-state index contributed by atoms with van der Waals surface area (Å²) < 4.78 is 5.55. The van der Waals surface area contributed by atoms with Gasteiger partial charge in [0.1, 0.15) is 0 Å². The Morgan fingerprint density at radius 1 is 1.33 bits per heavy atom. The lowest BCUT2D eigenvalue weighted by atomic mass is 10.2. The van der Waals surface area contributed by atoms with Crippen LogP contribution in [0.3, 0.4) is 0 Å². The van der Waals surface area contributed by atoms with Crippen LogP contribution in [0.25, 0.3) is 0 Å². The van der Waals surface area contributed by atoms with E-state index >= 15 is 0 Å². The van der Waals surface area contributed by atoms with Crippen LogP contribution in [0, 0.1) is 0 Å². The van der Waals surface area contributed by atoms with Crippen LogP contribution in [0.1, 0.15) is 25.3 Å². The molecule has 1 N–H and O–H groups in total. The third kappa shape index (κ3) is 4.41. The molecular weight excluding hydrogens is 226 g/mol. The molecule has 0 amide bonds. The van der Waals surface area contributed by atoms with Crippen molar-refractivity contribution in [3.63, 3.8) is 0 Å². The minimum Gasteiger partial charge on any atom is -0.389 e. The quantitative estimate of drug-likeness (QED) is 0.765. The highest BCUT2D eigenvalue weighted by Gasteiger charge is 2.28. The summed E-state index contributed by atoms with van der Waals surface area (Å²) in [6, 6.07) is 10.8. The molecule has 1 fully saturated rings. The van der Waals surface area contributed by atoms with Gasteiger partial charge in [0.2, 0.25) is 0 Å². The number of benzene rings is 1. The average molecular weight is 249 g/mol. The van der Waals surface area contributed by atoms with E-state index in [1.165, 1.54) is 12.8 Å². The van der Waals surface area contributed by atoms with Gasteiger partial charge in [0, 0.05) is 12.6 Å². The van der Waals surface area contributed by atoms with Crippen molar-refractivity contribution in [1.82, 2.24) is 4.90 Å². The topological polar surface area (TPSA) is 32.7 Å². The highest BCUT2D eigenvalue weighted by Crippen LogP contribution is 2.26. The van der Waals surface area contributed by atoms with Gasteiger partial charge in [0.25, 0.3) is 0 Å². The summed E-state index contributed by atoms with van der Waals surface area (Å²) in [5.41, 5.74) is 1.15. The molecule has 1 aromatic carbocycles. The number of hydrogen-bond acceptors (Lipinski definition) is 3. The summed E-state index contributed by atoms with van der Waals surface area (Å²) in [4.78, 5) is 2.34. The lowest BCUT2D eigenvalue weighted by molar-refractivity contribution is 0.00934. The van der Waals surface area contributed by atoms with Gasteiger partial charge >= 0.3 is 0 Å². The van der Waals surface area contributed by atoms with E-state index in [0.717, 1.165) is 18.7 Å². The van der Waals surface area contributed by atoms with Gasteiger partial charge in [0.05, 0.1) is 19.3 Å². The van der Waals surface area contributed by atoms with Crippen molar-refractivity contribution in [2.24, 2.45) is 0 Å². The smallest absolute Gasteiger partial charge is 0.0900 e. The van der Waals surface area contributed by atoms with E-state index < -0.39 is 0 Å². The maximum absolute atomic E-state index is 9.94. The highest BCUT2D eigenvalue weighted by atomic mass is 16.5. The molecule has 0 bridgehead atoms. The maximum atomic E-state index is 9.94. The van der Waals surface area contributed by atoms with E-state index in [-0.39, 0.29) is 6.10 Å². The summed E-state index contributed by atoms with van der Waals surface area (Å²) in [7, 11) is 0. The molecule has 0 radical (unpaired) electrons. The van der Waals surface area contributed by atoms with Gasteiger partial charge in [0.15, 0.2) is 0 Å². The van der Waals surface area contributed by atoms with Crippen LogP contribution in [0.15, 0.2) is 30.3 Å². The van der Waals surface area contributed by atoms with Crippen molar-refractivity contribution in [3.8, 4) is 0 Å². The molecule has 1 aliphatic carbocycles. The van der Waals surface area contributed by atoms with Crippen molar-refractivity contribution in [3.05, 3.63) is 35.9 Å². The zero-order valence-corrected chi connectivity index (χ0v) is 11.1. The molecule has 1 aliphatic rings. The summed E-state index contributed by atoms with van der Waals surface area (Å²) >= 11 is 0. The molecule has 0 heterocycles. The van der Waals surface area contributed by atoms with Crippen LogP contribution in [0.4, 0.5) is 0 Å². The third-order valence-corrected chi connectivity index (χ3v) is 3.34. The van der Waals surface area contributed by atoms with Crippen LogP contribution in [-0.4, -0.2) is 41.8 Å². The van der Waals surface area contributed by atoms with Gasteiger partial charge in [-0.25, -0.2) is 0 Å². The molecule has 18 heavy (non-hydrogen) atoms. The maximum Gasteiger partial charge on any atom is 0.0900 e. The Bertz CT molecular complexity index is 338. The van der Waals surface area contributed by atoms with Crippen molar-refractivity contribution in [2.45, 2.75) is 38.5 Å². The van der Waals surface area contributed by atoms with Gasteiger partial charge in [-0.15, -0.1) is 0 Å². The number of aliphatic hydroxyl groups excluding tert-OH is 1. The number of nitrogens with zero attached hydrogens (tertiary/aromatic N) is 1. The van der Waals surface area contributed by atoms with Crippen LogP contribution in [0.5, 0.6) is 0 Å². The molecule has 1 unspecified atom stereocenters. The minimum atomic E-state index is -0.380. The van der Waals surface area contributed by atoms with E-state index in [1.807, 2.05) is 30.3 Å². The number of aliphatic hydroxyl groups is 1. The van der Waals surface area contributed by atoms with Crippen molar-refractivity contribution in [2.75, 3.05) is 19.7 Å². The number of hydrogen-bond donors (Lipinski definition) is 1. The molecule has 1 atom stereocenters. The predicted molar refractivity (Wildman–Crippen MR) is 72.4 cm³/mol. The Kier molecular flexibility index (Phi) is 5.17. The monoisotopic (exact) mass is 249 g/mol. The molecule has 0 spiro atoms. The largest absolute Gasteiger partial charge is 0.389 e. The Labute approximate surface area is 109 Å². The van der Waals surface area contributed by atoms with Crippen molar-refractivity contribution in [1.29, 1.82) is 0 Å². The van der Waals surface area contributed by atoms with E-state index in [4.69, 9.17) is 4.74 Å². The summed E-state index contributed by atoms with van der Waals surface area (Å²) in [6.45, 7) is 4.89. The summed E-state index contributed by atoms with van der Waals surface area (Å²) in [5, 5.41) is 9.94. The molecule has 1 saturated carbocycles. The zero-order valence-electron chi connectivity index (χ0n) is 11.1. The standard InChI is InChI=1S/C15H23NO2/c1-2-16(14-8-9-14)10-15(17)12-18-11-13-6-4-3-5-7-13/h3-7,14-15,17H,2,8-12H2,1H3. The second-order valence-electron chi connectivity index (χ2n) is 4.97. The van der Waals surface area contributed by atoms with Gasteiger partial charge in [-0.2, -0.15) is 0 Å². The molecule has 0 aliphatic heterocycles. The Morgan fingerprint density at radius 3 is 2.67 bits per heavy atom. The number of rotatable bonds is 8. The Hall–Kier alpha value is -0.900. The normalized spacial score (nSPS) is 17.1. The van der Waals surface area contributed by atoms with E-state index in [1.54, 1.807) is 0 Å². The second kappa shape index (κ2) is 6.88. The predicted octanol–water partition coefficient (Wildman–Crippen LogP) is 2.05. The lowest BCUT2D eigenvalue weighted by Crippen LogP contribution is -2.36. The molecule has 3 nitrogen and oxygen atoms in total. The number of likely N-dealkylation sites (N-methyl/N-ethyl adjacent to an activating group) is 1. The lowest BCUT2D eigenvalue weighted by Gasteiger charge is -2.23. The summed E-state index contributed by atoms with van der Waals surface area (Å²) in [6.07, 6.45) is 2.19. The first-order chi connectivity index (χ1) is 8.79. The molecule has 100 valence electrons. The molecule has 1 aromatic rings. The third-order valence-electron chi connectivity index (χ3n) is 3.34. The number of ether oxygens (including phenoxy) is 1. The fraction of sp³-hybridized carbons (Fsp3) is 0.600. The van der Waals surface area contributed by atoms with Crippen molar-refractivity contribution >= 4 is 0 Å². The van der Waals surface area contributed by atoms with Gasteiger partial charge in [-0.1, -0.05) is 37.3 Å². The first-order valence-electron chi connectivity index (χ1n) is 6.83. The van der Waals surface area contributed by atoms with Crippen LogP contribution in [-0.2, 0) is 11.3 Å². The van der Waals surface area contributed by atoms with Crippen LogP contribution in [0.2, 0.25) is 0 Å². The fourth-order valence-electron chi connectivity index (χ4n) is 2.19. The molecule has 2 rings (SSSR count). The average Bonchev–Trinajstić information content (AvgIpc) is 3.21. The van der Waals surface area contributed by atoms with E-state index in [2.05, 4.69) is 11.8 Å². The first kappa shape index (κ1) is 13.5. The summed E-state index contributed by atoms with van der Waals surface area (Å²) in [5.74, 6) is 0. The highest BCUT2D eigenvalue weighted by molar-refractivity contribution is 5.13. The Morgan fingerprint density at radius 2 is 2.06 bits per heavy atom. The molecule has 3 heteroatoms. The molecule has 0 aromatic heterocycles. The Balaban J connectivity index is 1.63. The van der Waals surface area contributed by atoms with E-state index in [9.17, 15) is 5.11 Å². The van der Waals surface area contributed by atoms with Gasteiger partial charge in [-0.3, -0.25) is 4.90 Å². The van der Waals surface area contributed by atoms with Gasteiger partial charge in [-0.05, 0) is 24.9 Å². The fourth-order valence-corrected chi connectivity index (χ4v) is 2.19. The zero-order chi connectivity index (χ0) is 12.8. The van der Waals surface area contributed by atoms with Crippen LogP contribution < -0.4 is 0 Å². The second-order valence-corrected chi connectivity index (χ2v) is 4.97. The SMILES string of the molecule is CCN(CC(O)COCc1ccccc1)C1CC1. The van der Waals surface area contributed by atoms with E-state index in [0.29, 0.717) is 19.3 Å². The molecule has 0 saturated heterocycles. The first-order valence-corrected chi connectivity index (χ1v) is 6.83. The minimum absolute atomic E-state index is 0.380.